The highest BCUT2D eigenvalue weighted by Crippen LogP contribution is 2.34. The molecule has 1 heterocycles. The van der Waals surface area contributed by atoms with Crippen molar-refractivity contribution in [3.63, 3.8) is 0 Å². The van der Waals surface area contributed by atoms with Crippen molar-refractivity contribution in [1.82, 2.24) is 0 Å². The van der Waals surface area contributed by atoms with Gasteiger partial charge < -0.3 is 20.1 Å². The lowest BCUT2D eigenvalue weighted by molar-refractivity contribution is -0.0512. The molecule has 5 nitrogen and oxygen atoms in total. The molecule has 26 heavy (non-hydrogen) atoms. The molecule has 2 N–H and O–H groups in total. The first-order chi connectivity index (χ1) is 12.0. The number of carbonyl (C=O) groups is 1. The van der Waals surface area contributed by atoms with Crippen molar-refractivity contribution < 1.29 is 23.0 Å². The van der Waals surface area contributed by atoms with Gasteiger partial charge in [-0.1, -0.05) is 6.07 Å². The predicted octanol–water partition coefficient (Wildman–Crippen LogP) is 3.89. The molecule has 0 atom stereocenters. The third-order valence-corrected chi connectivity index (χ3v) is 4.16. The van der Waals surface area contributed by atoms with Gasteiger partial charge in [0.2, 0.25) is 0 Å². The Hall–Kier alpha value is -2.54. The van der Waals surface area contributed by atoms with Crippen molar-refractivity contribution >= 4 is 29.7 Å². The first kappa shape index (κ1) is 19.8. The number of rotatable bonds is 4. The van der Waals surface area contributed by atoms with Crippen LogP contribution in [0.4, 0.5) is 20.2 Å². The van der Waals surface area contributed by atoms with Crippen LogP contribution in [0, 0.1) is 0 Å². The van der Waals surface area contributed by atoms with Crippen LogP contribution in [0.5, 0.6) is 11.5 Å². The van der Waals surface area contributed by atoms with E-state index in [0.29, 0.717) is 12.2 Å². The Morgan fingerprint density at radius 1 is 1.23 bits per heavy atom. The van der Waals surface area contributed by atoms with Gasteiger partial charge in [-0.05, 0) is 48.7 Å². The van der Waals surface area contributed by atoms with Crippen molar-refractivity contribution in [2.24, 2.45) is 0 Å². The van der Waals surface area contributed by atoms with Gasteiger partial charge in [-0.3, -0.25) is 4.79 Å². The quantitative estimate of drug-likeness (QED) is 0.812. The van der Waals surface area contributed by atoms with E-state index in [2.05, 4.69) is 4.74 Å². The Morgan fingerprint density at radius 2 is 2.00 bits per heavy atom. The molecule has 1 aliphatic rings. The second-order valence-corrected chi connectivity index (χ2v) is 5.65. The second-order valence-electron chi connectivity index (χ2n) is 5.65. The Kier molecular flexibility index (Phi) is 6.26. The zero-order valence-corrected chi connectivity index (χ0v) is 14.9. The van der Waals surface area contributed by atoms with Crippen LogP contribution in [0.2, 0.25) is 0 Å². The van der Waals surface area contributed by atoms with Gasteiger partial charge in [0.15, 0.2) is 11.5 Å². The fourth-order valence-corrected chi connectivity index (χ4v) is 3.02. The number of nitrogens with zero attached hydrogens (tertiary/aromatic N) is 1. The van der Waals surface area contributed by atoms with Crippen LogP contribution in [0.1, 0.15) is 22.3 Å². The molecule has 0 aliphatic carbocycles. The number of halogens is 3. The first-order valence-electron chi connectivity index (χ1n) is 7.83. The Bertz CT molecular complexity index is 802. The molecule has 2 aromatic carbocycles. The zero-order chi connectivity index (χ0) is 18.0. The molecule has 0 fully saturated rings. The van der Waals surface area contributed by atoms with Crippen LogP contribution in [-0.4, -0.2) is 26.2 Å². The summed E-state index contributed by atoms with van der Waals surface area (Å²) >= 11 is 0. The molecule has 0 radical (unpaired) electrons. The molecule has 0 aromatic heterocycles. The largest absolute Gasteiger partial charge is 0.493 e. The van der Waals surface area contributed by atoms with Crippen LogP contribution in [-0.2, 0) is 6.42 Å². The Balaban J connectivity index is 0.00000243. The Morgan fingerprint density at radius 3 is 2.69 bits per heavy atom. The van der Waals surface area contributed by atoms with Crippen LogP contribution in [0.25, 0.3) is 0 Å². The molecule has 8 heteroatoms. The number of nitrogens with two attached hydrogens (primary N) is 1. The second kappa shape index (κ2) is 8.23. The normalized spacial score (nSPS) is 13.0. The highest BCUT2D eigenvalue weighted by molar-refractivity contribution is 6.07. The fraction of sp³-hybridized carbons (Fsp3) is 0.278. The lowest BCUT2D eigenvalue weighted by Crippen LogP contribution is -2.35. The number of methoxy groups -OCH3 is 1. The lowest BCUT2D eigenvalue weighted by Gasteiger charge is -2.30. The summed E-state index contributed by atoms with van der Waals surface area (Å²) < 4.78 is 34.6. The summed E-state index contributed by atoms with van der Waals surface area (Å²) in [6.07, 6.45) is 1.58. The minimum atomic E-state index is -3.00. The van der Waals surface area contributed by atoms with Gasteiger partial charge in [0.25, 0.3) is 5.91 Å². The maximum Gasteiger partial charge on any atom is 0.387 e. The van der Waals surface area contributed by atoms with Crippen LogP contribution in [0.15, 0.2) is 36.4 Å². The van der Waals surface area contributed by atoms with Crippen molar-refractivity contribution in [3.8, 4) is 11.5 Å². The average Bonchev–Trinajstić information content (AvgIpc) is 2.60. The zero-order valence-electron chi connectivity index (χ0n) is 14.1. The molecule has 0 unspecified atom stereocenters. The number of carbonyl (C=O) groups excluding carboxylic acids is 1. The molecule has 0 saturated carbocycles. The lowest BCUT2D eigenvalue weighted by atomic mass is 9.99. The van der Waals surface area contributed by atoms with E-state index in [1.165, 1.54) is 25.3 Å². The molecule has 140 valence electrons. The van der Waals surface area contributed by atoms with Crippen LogP contribution >= 0.6 is 12.4 Å². The molecular formula is C18H19ClF2N2O3. The molecule has 1 aliphatic heterocycles. The van der Waals surface area contributed by atoms with E-state index in [1.807, 2.05) is 6.07 Å². The molecule has 3 rings (SSSR count). The van der Waals surface area contributed by atoms with E-state index >= 15 is 0 Å². The van der Waals surface area contributed by atoms with Crippen molar-refractivity contribution in [2.45, 2.75) is 19.5 Å². The highest BCUT2D eigenvalue weighted by atomic mass is 35.5. The third kappa shape index (κ3) is 3.83. The number of nitrogen functional groups attached to an aromatic ring is 1. The molecule has 1 amide bonds. The standard InChI is InChI=1S/C18H18F2N2O3.ClH/c1-24-15-8-7-11(10-16(15)25-18(19)20)17(23)22-9-3-4-12-13(21)5-2-6-14(12)22;/h2,5-8,10,18H,3-4,9,21H2,1H3;1H. The van der Waals surface area contributed by atoms with Gasteiger partial charge in [-0.2, -0.15) is 8.78 Å². The van der Waals surface area contributed by atoms with Crippen molar-refractivity contribution in [1.29, 1.82) is 0 Å². The van der Waals surface area contributed by atoms with Gasteiger partial charge >= 0.3 is 6.61 Å². The SMILES string of the molecule is COc1ccc(C(=O)N2CCCc3c(N)cccc32)cc1OC(F)F.Cl. The number of hydrogen-bond donors (Lipinski definition) is 1. The van der Waals surface area contributed by atoms with E-state index in [4.69, 9.17) is 10.5 Å². The number of anilines is 2. The van der Waals surface area contributed by atoms with E-state index in [0.717, 1.165) is 24.1 Å². The fourth-order valence-electron chi connectivity index (χ4n) is 3.02. The van der Waals surface area contributed by atoms with E-state index in [-0.39, 0.29) is 35.4 Å². The van der Waals surface area contributed by atoms with Crippen molar-refractivity contribution in [2.75, 3.05) is 24.3 Å². The molecule has 0 spiro atoms. The van der Waals surface area contributed by atoms with E-state index in [9.17, 15) is 13.6 Å². The molecule has 0 bridgehead atoms. The summed E-state index contributed by atoms with van der Waals surface area (Å²) in [5.41, 5.74) is 8.57. The maximum absolute atomic E-state index is 12.9. The summed E-state index contributed by atoms with van der Waals surface area (Å²) in [7, 11) is 1.35. The van der Waals surface area contributed by atoms with Gasteiger partial charge in [0.1, 0.15) is 0 Å². The maximum atomic E-state index is 12.9. The van der Waals surface area contributed by atoms with Gasteiger partial charge in [0, 0.05) is 23.5 Å². The summed E-state index contributed by atoms with van der Waals surface area (Å²) in [6, 6.07) is 9.67. The number of ether oxygens (including phenoxy) is 2. The third-order valence-electron chi connectivity index (χ3n) is 4.16. The van der Waals surface area contributed by atoms with Gasteiger partial charge in [-0.15, -0.1) is 12.4 Å². The number of fused-ring (bicyclic) bond motifs is 1. The predicted molar refractivity (Wildman–Crippen MR) is 97.7 cm³/mol. The number of hydrogen-bond acceptors (Lipinski definition) is 4. The minimum absolute atomic E-state index is 0. The summed E-state index contributed by atoms with van der Waals surface area (Å²) in [6.45, 7) is -2.47. The summed E-state index contributed by atoms with van der Waals surface area (Å²) in [5.74, 6) is -0.332. The smallest absolute Gasteiger partial charge is 0.387 e. The first-order valence-corrected chi connectivity index (χ1v) is 7.83. The number of alkyl halides is 2. The summed E-state index contributed by atoms with van der Waals surface area (Å²) in [5, 5.41) is 0. The van der Waals surface area contributed by atoms with E-state index < -0.39 is 6.61 Å². The number of benzene rings is 2. The summed E-state index contributed by atoms with van der Waals surface area (Å²) in [4.78, 5) is 14.5. The van der Waals surface area contributed by atoms with Gasteiger partial charge in [0.05, 0.1) is 7.11 Å². The Labute approximate surface area is 156 Å². The average molecular weight is 385 g/mol. The monoisotopic (exact) mass is 384 g/mol. The molecule has 0 saturated heterocycles. The van der Waals surface area contributed by atoms with Crippen molar-refractivity contribution in [3.05, 3.63) is 47.5 Å². The molecule has 2 aromatic rings. The topological polar surface area (TPSA) is 64.8 Å². The van der Waals surface area contributed by atoms with Gasteiger partial charge in [-0.25, -0.2) is 0 Å². The highest BCUT2D eigenvalue weighted by Gasteiger charge is 2.25. The number of amides is 1. The molecular weight excluding hydrogens is 366 g/mol. The minimum Gasteiger partial charge on any atom is -0.493 e. The van der Waals surface area contributed by atoms with Crippen LogP contribution in [0.3, 0.4) is 0 Å². The van der Waals surface area contributed by atoms with Crippen LogP contribution < -0.4 is 20.1 Å². The van der Waals surface area contributed by atoms with E-state index in [1.54, 1.807) is 17.0 Å².